The van der Waals surface area contributed by atoms with E-state index in [4.69, 9.17) is 0 Å². The zero-order valence-corrected chi connectivity index (χ0v) is 15.9. The molecule has 1 spiro atoms. The first-order valence-corrected chi connectivity index (χ1v) is 10.5. The maximum absolute atomic E-state index is 12.1. The Morgan fingerprint density at radius 3 is 2.72 bits per heavy atom. The number of carbonyl (C=O) groups excluding carboxylic acids is 1. The van der Waals surface area contributed by atoms with Gasteiger partial charge in [0, 0.05) is 12.3 Å². The standard InChI is InChI=1S/C24H32O/c1-4-5-20-15(2)12-21-19-14-24(10-11-24)22-13-16(25)6-7-18(22)17(19)8-9-23(20,21)3/h4-5,13,17-21H,2,6-12,14H2,1,3H3/b5-4+/t17-,18-,19-,20-,21+,23-/m1/s1. The lowest BCUT2D eigenvalue weighted by Crippen LogP contribution is -2.48. The Bertz CT molecular complexity index is 691. The minimum absolute atomic E-state index is 0.402. The number of fused-ring (bicyclic) bond motifs is 6. The van der Waals surface area contributed by atoms with Gasteiger partial charge in [-0.05, 0) is 92.4 Å². The third-order valence-electron chi connectivity index (χ3n) is 8.97. The van der Waals surface area contributed by atoms with E-state index >= 15 is 0 Å². The summed E-state index contributed by atoms with van der Waals surface area (Å²) in [6.45, 7) is 9.22. The highest BCUT2D eigenvalue weighted by Crippen LogP contribution is 2.72. The van der Waals surface area contributed by atoms with Gasteiger partial charge in [-0.25, -0.2) is 0 Å². The average Bonchev–Trinajstić information content (AvgIpc) is 3.31. The molecule has 1 heteroatoms. The van der Waals surface area contributed by atoms with E-state index in [1.807, 2.05) is 0 Å². The van der Waals surface area contributed by atoms with Gasteiger partial charge in [0.1, 0.15) is 0 Å². The Hall–Kier alpha value is -1.11. The van der Waals surface area contributed by atoms with Gasteiger partial charge in [-0.2, -0.15) is 0 Å². The molecule has 0 bridgehead atoms. The Kier molecular flexibility index (Phi) is 3.35. The Morgan fingerprint density at radius 2 is 2.00 bits per heavy atom. The summed E-state index contributed by atoms with van der Waals surface area (Å²) in [6.07, 6.45) is 16.7. The highest BCUT2D eigenvalue weighted by Gasteiger charge is 2.63. The van der Waals surface area contributed by atoms with Gasteiger partial charge in [-0.15, -0.1) is 0 Å². The predicted octanol–water partition coefficient (Wildman–Crippen LogP) is 5.88. The van der Waals surface area contributed by atoms with Gasteiger partial charge in [0.25, 0.3) is 0 Å². The zero-order chi connectivity index (χ0) is 17.4. The first-order valence-electron chi connectivity index (χ1n) is 10.5. The number of rotatable bonds is 1. The third-order valence-corrected chi connectivity index (χ3v) is 8.97. The summed E-state index contributed by atoms with van der Waals surface area (Å²) in [7, 11) is 0. The number of hydrogen-bond donors (Lipinski definition) is 0. The molecule has 0 heterocycles. The van der Waals surface area contributed by atoms with Crippen molar-refractivity contribution in [3.63, 3.8) is 0 Å². The van der Waals surface area contributed by atoms with E-state index in [-0.39, 0.29) is 0 Å². The SMILES string of the molecule is C=C1C[C@H]2[C@@H]3CC4(CC4)C4=CC(=O)CC[C@@H]4[C@H]3CC[C@]2(C)[C@@H]1/C=C/C. The lowest BCUT2D eigenvalue weighted by atomic mass is 9.49. The van der Waals surface area contributed by atoms with Crippen LogP contribution in [0.2, 0.25) is 0 Å². The molecule has 4 fully saturated rings. The monoisotopic (exact) mass is 336 g/mol. The molecule has 5 aliphatic rings. The molecule has 25 heavy (non-hydrogen) atoms. The summed E-state index contributed by atoms with van der Waals surface area (Å²) in [6, 6.07) is 0. The minimum Gasteiger partial charge on any atom is -0.295 e. The quantitative estimate of drug-likeness (QED) is 0.547. The van der Waals surface area contributed by atoms with Crippen LogP contribution >= 0.6 is 0 Å². The van der Waals surface area contributed by atoms with Crippen molar-refractivity contribution in [1.82, 2.24) is 0 Å². The van der Waals surface area contributed by atoms with E-state index in [0.29, 0.717) is 22.5 Å². The molecule has 0 saturated heterocycles. The predicted molar refractivity (Wildman–Crippen MR) is 102 cm³/mol. The summed E-state index contributed by atoms with van der Waals surface area (Å²) in [4.78, 5) is 12.1. The molecule has 5 aliphatic carbocycles. The largest absolute Gasteiger partial charge is 0.295 e. The van der Waals surface area contributed by atoms with Crippen LogP contribution < -0.4 is 0 Å². The molecule has 0 N–H and O–H groups in total. The maximum atomic E-state index is 12.1. The topological polar surface area (TPSA) is 17.1 Å². The summed E-state index contributed by atoms with van der Waals surface area (Å²) in [5.74, 6) is 4.22. The van der Waals surface area contributed by atoms with Crippen LogP contribution in [0.25, 0.3) is 0 Å². The van der Waals surface area contributed by atoms with Crippen molar-refractivity contribution < 1.29 is 4.79 Å². The number of hydrogen-bond acceptors (Lipinski definition) is 1. The van der Waals surface area contributed by atoms with Gasteiger partial charge < -0.3 is 0 Å². The van der Waals surface area contributed by atoms with Crippen molar-refractivity contribution in [2.45, 2.75) is 65.2 Å². The number of ketones is 1. The summed E-state index contributed by atoms with van der Waals surface area (Å²) in [5, 5.41) is 0. The number of allylic oxidation sites excluding steroid dienone is 4. The van der Waals surface area contributed by atoms with Crippen molar-refractivity contribution in [3.05, 3.63) is 36.0 Å². The van der Waals surface area contributed by atoms with Gasteiger partial charge in [0.15, 0.2) is 5.78 Å². The third kappa shape index (κ3) is 2.10. The van der Waals surface area contributed by atoms with Crippen molar-refractivity contribution >= 4 is 5.78 Å². The van der Waals surface area contributed by atoms with Crippen molar-refractivity contribution in [2.24, 2.45) is 40.4 Å². The van der Waals surface area contributed by atoms with Crippen LogP contribution in [0, 0.1) is 40.4 Å². The van der Waals surface area contributed by atoms with Crippen LogP contribution in [0.15, 0.2) is 36.0 Å². The molecule has 0 aromatic rings. The van der Waals surface area contributed by atoms with E-state index in [1.165, 1.54) is 44.1 Å². The van der Waals surface area contributed by atoms with Gasteiger partial charge in [0.2, 0.25) is 0 Å². The molecular weight excluding hydrogens is 304 g/mol. The molecule has 0 amide bonds. The summed E-state index contributed by atoms with van der Waals surface area (Å²) in [5.41, 5.74) is 3.93. The maximum Gasteiger partial charge on any atom is 0.155 e. The molecule has 134 valence electrons. The lowest BCUT2D eigenvalue weighted by Gasteiger charge is -2.56. The van der Waals surface area contributed by atoms with Crippen molar-refractivity contribution in [1.29, 1.82) is 0 Å². The summed E-state index contributed by atoms with van der Waals surface area (Å²) >= 11 is 0. The molecule has 1 nitrogen and oxygen atoms in total. The highest BCUT2D eigenvalue weighted by molar-refractivity contribution is 5.91. The number of carbonyl (C=O) groups is 1. The summed E-state index contributed by atoms with van der Waals surface area (Å²) < 4.78 is 0. The normalized spacial score (nSPS) is 47.4. The minimum atomic E-state index is 0.402. The fourth-order valence-corrected chi connectivity index (χ4v) is 7.66. The van der Waals surface area contributed by atoms with Crippen LogP contribution in [0.4, 0.5) is 0 Å². The zero-order valence-electron chi connectivity index (χ0n) is 15.9. The van der Waals surface area contributed by atoms with Crippen molar-refractivity contribution in [3.8, 4) is 0 Å². The Balaban J connectivity index is 1.53. The molecule has 0 aromatic heterocycles. The molecule has 0 aliphatic heterocycles. The van der Waals surface area contributed by atoms with E-state index in [0.717, 1.165) is 36.5 Å². The van der Waals surface area contributed by atoms with Gasteiger partial charge in [0.05, 0.1) is 0 Å². The second-order valence-corrected chi connectivity index (χ2v) is 10.0. The Labute approximate surface area is 152 Å². The van der Waals surface area contributed by atoms with Crippen molar-refractivity contribution in [2.75, 3.05) is 0 Å². The van der Waals surface area contributed by atoms with E-state index < -0.39 is 0 Å². The smallest absolute Gasteiger partial charge is 0.155 e. The van der Waals surface area contributed by atoms with E-state index in [9.17, 15) is 4.79 Å². The molecular formula is C24H32O. The first-order chi connectivity index (χ1) is 12.0. The van der Waals surface area contributed by atoms with E-state index in [1.54, 1.807) is 5.57 Å². The van der Waals surface area contributed by atoms with Crippen LogP contribution in [-0.4, -0.2) is 5.78 Å². The molecule has 6 atom stereocenters. The molecule has 0 unspecified atom stereocenters. The first kappa shape index (κ1) is 16.1. The Morgan fingerprint density at radius 1 is 1.20 bits per heavy atom. The molecule has 0 aromatic carbocycles. The second kappa shape index (κ2) is 5.21. The van der Waals surface area contributed by atoms with Crippen LogP contribution in [0.1, 0.15) is 65.2 Å². The highest BCUT2D eigenvalue weighted by atomic mass is 16.1. The van der Waals surface area contributed by atoms with Crippen LogP contribution in [0.5, 0.6) is 0 Å². The average molecular weight is 337 g/mol. The lowest BCUT2D eigenvalue weighted by molar-refractivity contribution is -0.116. The van der Waals surface area contributed by atoms with E-state index in [2.05, 4.69) is 38.7 Å². The van der Waals surface area contributed by atoms with Gasteiger partial charge in [-0.1, -0.05) is 36.8 Å². The second-order valence-electron chi connectivity index (χ2n) is 10.0. The van der Waals surface area contributed by atoms with Gasteiger partial charge in [-0.3, -0.25) is 4.79 Å². The van der Waals surface area contributed by atoms with Crippen LogP contribution in [0.3, 0.4) is 0 Å². The fraction of sp³-hybridized carbons (Fsp3) is 0.708. The molecule has 5 rings (SSSR count). The molecule has 4 saturated carbocycles. The van der Waals surface area contributed by atoms with Gasteiger partial charge >= 0.3 is 0 Å². The van der Waals surface area contributed by atoms with Crippen LogP contribution in [-0.2, 0) is 4.79 Å². The fourth-order valence-electron chi connectivity index (χ4n) is 7.66. The molecule has 0 radical (unpaired) electrons.